The van der Waals surface area contributed by atoms with Crippen LogP contribution in [0.3, 0.4) is 0 Å². The van der Waals surface area contributed by atoms with E-state index in [1.807, 2.05) is 0 Å². The number of nitrogens with one attached hydrogen (secondary N) is 1. The van der Waals surface area contributed by atoms with Gasteiger partial charge in [-0.3, -0.25) is 0 Å². The Labute approximate surface area is 210 Å². The number of rotatable bonds is 7. The highest BCUT2D eigenvalue weighted by molar-refractivity contribution is 5.94. The van der Waals surface area contributed by atoms with E-state index in [-0.39, 0.29) is 13.0 Å². The van der Waals surface area contributed by atoms with Crippen LogP contribution < -0.4 is 5.32 Å². The fourth-order valence-corrected chi connectivity index (χ4v) is 2.64. The van der Waals surface area contributed by atoms with Gasteiger partial charge in [0.15, 0.2) is 0 Å². The van der Waals surface area contributed by atoms with Gasteiger partial charge in [0.05, 0.1) is 0 Å². The summed E-state index contributed by atoms with van der Waals surface area (Å²) in [6, 6.07) is -1.28. The number of alkyl carbamates (subject to hydrolysis) is 1. The highest BCUT2D eigenvalue weighted by Crippen LogP contribution is 2.22. The Hall–Kier alpha value is -2.52. The van der Waals surface area contributed by atoms with E-state index in [0.717, 1.165) is 0 Å². The number of amides is 3. The third-order valence-electron chi connectivity index (χ3n) is 3.74. The molecule has 0 radical (unpaired) electrons. The fraction of sp³-hybridized carbons (Fsp3) is 0.840. The normalized spacial score (nSPS) is 13.4. The molecule has 10 nitrogen and oxygen atoms in total. The predicted octanol–water partition coefficient (Wildman–Crippen LogP) is 5.56. The Balaban J connectivity index is 5.69. The Morgan fingerprint density at radius 3 is 1.40 bits per heavy atom. The molecule has 1 unspecified atom stereocenters. The van der Waals surface area contributed by atoms with Gasteiger partial charge in [0.1, 0.15) is 28.4 Å². The summed E-state index contributed by atoms with van der Waals surface area (Å²) in [4.78, 5) is 51.7. The second-order valence-electron chi connectivity index (χ2n) is 12.3. The summed E-state index contributed by atoms with van der Waals surface area (Å²) < 4.78 is 21.5. The summed E-state index contributed by atoms with van der Waals surface area (Å²) in [5, 5.41) is 2.64. The van der Waals surface area contributed by atoms with E-state index in [2.05, 4.69) is 5.32 Å². The summed E-state index contributed by atoms with van der Waals surface area (Å²) in [5.41, 5.74) is -3.28. The zero-order chi connectivity index (χ0) is 27.8. The lowest BCUT2D eigenvalue weighted by Crippen LogP contribution is -2.53. The molecule has 0 aliphatic rings. The summed E-state index contributed by atoms with van der Waals surface area (Å²) in [6.45, 7) is 20.6. The summed E-state index contributed by atoms with van der Waals surface area (Å²) >= 11 is 0. The van der Waals surface area contributed by atoms with E-state index < -0.39 is 52.7 Å². The van der Waals surface area contributed by atoms with Gasteiger partial charge < -0.3 is 24.3 Å². The van der Waals surface area contributed by atoms with Gasteiger partial charge in [0.2, 0.25) is 0 Å². The molecule has 0 saturated heterocycles. The first kappa shape index (κ1) is 32.5. The lowest BCUT2D eigenvalue weighted by atomic mass is 10.1. The van der Waals surface area contributed by atoms with Gasteiger partial charge in [0, 0.05) is 6.54 Å². The second-order valence-corrected chi connectivity index (χ2v) is 12.3. The first-order valence-electron chi connectivity index (χ1n) is 12.0. The van der Waals surface area contributed by atoms with Crippen LogP contribution in [0, 0.1) is 0 Å². The number of esters is 1. The molecule has 35 heavy (non-hydrogen) atoms. The van der Waals surface area contributed by atoms with Crippen molar-refractivity contribution in [2.75, 3.05) is 6.54 Å². The van der Waals surface area contributed by atoms with Crippen LogP contribution in [0.5, 0.6) is 0 Å². The maximum Gasteiger partial charge on any atom is 0.420 e. The quantitative estimate of drug-likeness (QED) is 0.273. The average Bonchev–Trinajstić information content (AvgIpc) is 2.53. The van der Waals surface area contributed by atoms with Crippen molar-refractivity contribution in [2.24, 2.45) is 0 Å². The van der Waals surface area contributed by atoms with Crippen molar-refractivity contribution in [2.45, 2.75) is 131 Å². The van der Waals surface area contributed by atoms with Crippen LogP contribution in [-0.2, 0) is 23.7 Å². The van der Waals surface area contributed by atoms with Gasteiger partial charge in [-0.05, 0) is 102 Å². The van der Waals surface area contributed by atoms with Crippen LogP contribution in [-0.4, -0.2) is 64.1 Å². The number of carbonyl (C=O) groups is 4. The van der Waals surface area contributed by atoms with Gasteiger partial charge in [-0.1, -0.05) is 0 Å². The van der Waals surface area contributed by atoms with Crippen LogP contribution in [0.1, 0.15) is 102 Å². The Bertz CT molecular complexity index is 709. The lowest BCUT2D eigenvalue weighted by molar-refractivity contribution is -0.161. The molecular formula is C25H46N2O8. The highest BCUT2D eigenvalue weighted by Gasteiger charge is 2.41. The van der Waals surface area contributed by atoms with Gasteiger partial charge in [-0.15, -0.1) is 0 Å². The van der Waals surface area contributed by atoms with Crippen LogP contribution >= 0.6 is 0 Å². The third-order valence-corrected chi connectivity index (χ3v) is 3.74. The molecule has 204 valence electrons. The van der Waals surface area contributed by atoms with Gasteiger partial charge >= 0.3 is 24.2 Å². The van der Waals surface area contributed by atoms with Crippen LogP contribution in [0.2, 0.25) is 0 Å². The molecule has 0 bridgehead atoms. The molecule has 1 N–H and O–H groups in total. The summed E-state index contributed by atoms with van der Waals surface area (Å²) in [6.07, 6.45) is -1.62. The highest BCUT2D eigenvalue weighted by atomic mass is 16.6. The molecule has 0 fully saturated rings. The minimum atomic E-state index is -1.28. The first-order chi connectivity index (χ1) is 15.5. The molecule has 1 atom stereocenters. The van der Waals surface area contributed by atoms with Crippen molar-refractivity contribution in [1.29, 1.82) is 0 Å². The Kier molecular flexibility index (Phi) is 11.5. The molecule has 10 heteroatoms. The van der Waals surface area contributed by atoms with Gasteiger partial charge in [0.25, 0.3) is 0 Å². The molecule has 0 saturated carbocycles. The second kappa shape index (κ2) is 12.4. The van der Waals surface area contributed by atoms with E-state index >= 15 is 0 Å². The lowest BCUT2D eigenvalue weighted by Gasteiger charge is -2.33. The minimum Gasteiger partial charge on any atom is -0.458 e. The predicted molar refractivity (Wildman–Crippen MR) is 132 cm³/mol. The maximum absolute atomic E-state index is 13.1. The number of hydrogen-bond donors (Lipinski definition) is 1. The molecule has 0 aliphatic heterocycles. The molecule has 0 heterocycles. The largest absolute Gasteiger partial charge is 0.458 e. The summed E-state index contributed by atoms with van der Waals surface area (Å²) in [7, 11) is 0. The smallest absolute Gasteiger partial charge is 0.420 e. The van der Waals surface area contributed by atoms with Gasteiger partial charge in [-0.2, -0.15) is 4.90 Å². The number of unbranched alkanes of at least 4 members (excludes halogenated alkanes) is 1. The third kappa shape index (κ3) is 15.9. The number of nitrogens with zero attached hydrogens (tertiary/aromatic N) is 1. The molecule has 0 aromatic carbocycles. The van der Waals surface area contributed by atoms with Crippen molar-refractivity contribution in [3.05, 3.63) is 0 Å². The molecule has 0 aromatic rings. The van der Waals surface area contributed by atoms with E-state index in [9.17, 15) is 19.2 Å². The van der Waals surface area contributed by atoms with Crippen LogP contribution in [0.4, 0.5) is 14.4 Å². The van der Waals surface area contributed by atoms with Crippen LogP contribution in [0.25, 0.3) is 0 Å². The van der Waals surface area contributed by atoms with Gasteiger partial charge in [-0.25, -0.2) is 19.2 Å². The van der Waals surface area contributed by atoms with E-state index in [1.54, 1.807) is 83.1 Å². The van der Waals surface area contributed by atoms with Crippen molar-refractivity contribution in [3.63, 3.8) is 0 Å². The van der Waals surface area contributed by atoms with Crippen molar-refractivity contribution >= 4 is 24.2 Å². The topological polar surface area (TPSA) is 120 Å². The zero-order valence-electron chi connectivity index (χ0n) is 23.6. The van der Waals surface area contributed by atoms with Crippen LogP contribution in [0.15, 0.2) is 0 Å². The first-order valence-corrected chi connectivity index (χ1v) is 12.0. The van der Waals surface area contributed by atoms with Crippen molar-refractivity contribution in [3.8, 4) is 0 Å². The zero-order valence-corrected chi connectivity index (χ0v) is 23.6. The summed E-state index contributed by atoms with van der Waals surface area (Å²) in [5.74, 6) is -0.755. The maximum atomic E-state index is 13.1. The number of hydrogen-bond acceptors (Lipinski definition) is 8. The molecule has 0 rings (SSSR count). The molecule has 3 amide bonds. The number of carbonyl (C=O) groups excluding carboxylic acids is 4. The Morgan fingerprint density at radius 1 is 0.629 bits per heavy atom. The van der Waals surface area contributed by atoms with Crippen molar-refractivity contribution in [1.82, 2.24) is 10.2 Å². The molecule has 0 aliphatic carbocycles. The number of imide groups is 1. The molecule has 0 aromatic heterocycles. The van der Waals surface area contributed by atoms with E-state index in [4.69, 9.17) is 18.9 Å². The monoisotopic (exact) mass is 502 g/mol. The Morgan fingerprint density at radius 2 is 1.03 bits per heavy atom. The average molecular weight is 503 g/mol. The standard InChI is InChI=1S/C25H46N2O8/c1-22(2,3)32-18(28)17(15-13-14-16-26-19(29)33-23(4,5)6)27(20(30)34-24(7,8)9)21(31)35-25(10,11)12/h17H,13-16H2,1-12H3,(H,26,29). The fourth-order valence-electron chi connectivity index (χ4n) is 2.64. The SMILES string of the molecule is CC(C)(C)OC(=O)NCCCCC(C(=O)OC(C)(C)C)N(C(=O)OC(C)(C)C)C(=O)OC(C)(C)C. The number of ether oxygens (including phenoxy) is 4. The minimum absolute atomic E-state index is 0.0867. The van der Waals surface area contributed by atoms with Crippen molar-refractivity contribution < 1.29 is 38.1 Å². The molecule has 0 spiro atoms. The van der Waals surface area contributed by atoms with E-state index in [0.29, 0.717) is 17.7 Å². The van der Waals surface area contributed by atoms with E-state index in [1.165, 1.54) is 0 Å². The molecular weight excluding hydrogens is 456 g/mol.